The summed E-state index contributed by atoms with van der Waals surface area (Å²) in [6.07, 6.45) is 2.15. The first-order valence-electron chi connectivity index (χ1n) is 7.31. The molecule has 0 saturated carbocycles. The number of carbonyl (C=O) groups excluding carboxylic acids is 1. The number of rotatable bonds is 5. The Balaban J connectivity index is 2.24. The maximum Gasteiger partial charge on any atom is 0.285 e. The number of amides is 1. The number of aryl methyl sites for hydroxylation is 1. The molecule has 1 heterocycles. The number of carbonyl (C=O) groups is 1. The average molecular weight is 291 g/mol. The molecule has 6 nitrogen and oxygen atoms in total. The number of nitro benzene ring substituents is 1. The van der Waals surface area contributed by atoms with E-state index in [9.17, 15) is 14.9 Å². The Kier molecular flexibility index (Phi) is 4.90. The van der Waals surface area contributed by atoms with Crippen molar-refractivity contribution in [1.29, 1.82) is 0 Å². The highest BCUT2D eigenvalue weighted by atomic mass is 16.6. The number of hydrogen-bond donors (Lipinski definition) is 1. The van der Waals surface area contributed by atoms with Gasteiger partial charge in [-0.25, -0.2) is 0 Å². The van der Waals surface area contributed by atoms with Gasteiger partial charge in [0.15, 0.2) is 0 Å². The molecule has 1 aromatic carbocycles. The maximum absolute atomic E-state index is 12.6. The minimum Gasteiger partial charge on any atom is -0.337 e. The number of hydrogen-bond acceptors (Lipinski definition) is 4. The predicted octanol–water partition coefficient (Wildman–Crippen LogP) is 2.12. The van der Waals surface area contributed by atoms with Crippen molar-refractivity contribution in [2.75, 3.05) is 19.6 Å². The van der Waals surface area contributed by atoms with Gasteiger partial charge in [0.1, 0.15) is 5.56 Å². The molecule has 2 rings (SSSR count). The number of likely N-dealkylation sites (N-methyl/N-ethyl adjacent to an activating group) is 1. The van der Waals surface area contributed by atoms with Crippen molar-refractivity contribution in [2.45, 2.75) is 32.7 Å². The van der Waals surface area contributed by atoms with Crippen LogP contribution in [0, 0.1) is 17.0 Å². The molecule has 0 aliphatic carbocycles. The van der Waals surface area contributed by atoms with E-state index in [2.05, 4.69) is 5.32 Å². The minimum atomic E-state index is -0.468. The number of nitrogens with one attached hydrogen (secondary N) is 1. The predicted molar refractivity (Wildman–Crippen MR) is 80.4 cm³/mol. The van der Waals surface area contributed by atoms with Crippen LogP contribution < -0.4 is 5.32 Å². The van der Waals surface area contributed by atoms with Crippen molar-refractivity contribution in [2.24, 2.45) is 0 Å². The SMILES string of the molecule is CCN(CC1CCCN1)C(=O)c1cccc(C)c1[N+](=O)[O-]. The van der Waals surface area contributed by atoms with Crippen LogP contribution in [0.3, 0.4) is 0 Å². The van der Waals surface area contributed by atoms with E-state index in [0.717, 1.165) is 19.4 Å². The zero-order valence-corrected chi connectivity index (χ0v) is 12.5. The second-order valence-corrected chi connectivity index (χ2v) is 5.37. The van der Waals surface area contributed by atoms with Gasteiger partial charge in [-0.05, 0) is 39.3 Å². The van der Waals surface area contributed by atoms with Gasteiger partial charge in [-0.1, -0.05) is 12.1 Å². The molecule has 1 aromatic rings. The third-order valence-electron chi connectivity index (χ3n) is 3.92. The molecule has 0 radical (unpaired) electrons. The fourth-order valence-corrected chi connectivity index (χ4v) is 2.78. The largest absolute Gasteiger partial charge is 0.337 e. The summed E-state index contributed by atoms with van der Waals surface area (Å²) in [5, 5.41) is 14.6. The smallest absolute Gasteiger partial charge is 0.285 e. The van der Waals surface area contributed by atoms with Crippen LogP contribution in [0.4, 0.5) is 5.69 Å². The van der Waals surface area contributed by atoms with Crippen LogP contribution in [-0.2, 0) is 0 Å². The summed E-state index contributed by atoms with van der Waals surface area (Å²) in [5.41, 5.74) is 0.612. The third kappa shape index (κ3) is 3.39. The monoisotopic (exact) mass is 291 g/mol. The van der Waals surface area contributed by atoms with Gasteiger partial charge < -0.3 is 10.2 Å². The molecule has 1 amide bonds. The average Bonchev–Trinajstić information content (AvgIpc) is 2.96. The van der Waals surface area contributed by atoms with E-state index in [4.69, 9.17) is 0 Å². The molecule has 1 aliphatic rings. The summed E-state index contributed by atoms with van der Waals surface area (Å²) >= 11 is 0. The van der Waals surface area contributed by atoms with E-state index in [1.54, 1.807) is 24.0 Å². The van der Waals surface area contributed by atoms with Gasteiger partial charge in [0.05, 0.1) is 4.92 Å². The lowest BCUT2D eigenvalue weighted by atomic mass is 10.1. The molecule has 1 unspecified atom stereocenters. The fourth-order valence-electron chi connectivity index (χ4n) is 2.78. The zero-order valence-electron chi connectivity index (χ0n) is 12.5. The van der Waals surface area contributed by atoms with Crippen molar-refractivity contribution >= 4 is 11.6 Å². The normalized spacial score (nSPS) is 17.7. The molecule has 114 valence electrons. The van der Waals surface area contributed by atoms with Crippen LogP contribution in [0.15, 0.2) is 18.2 Å². The van der Waals surface area contributed by atoms with Gasteiger partial charge in [-0.2, -0.15) is 0 Å². The van der Waals surface area contributed by atoms with E-state index >= 15 is 0 Å². The van der Waals surface area contributed by atoms with Crippen molar-refractivity contribution in [3.63, 3.8) is 0 Å². The molecular formula is C15H21N3O3. The molecule has 6 heteroatoms. The van der Waals surface area contributed by atoms with Gasteiger partial charge in [0.2, 0.25) is 0 Å². The van der Waals surface area contributed by atoms with Crippen LogP contribution >= 0.6 is 0 Å². The van der Waals surface area contributed by atoms with Gasteiger partial charge in [-0.15, -0.1) is 0 Å². The molecule has 1 saturated heterocycles. The Hall–Kier alpha value is -1.95. The Morgan fingerprint density at radius 2 is 2.29 bits per heavy atom. The van der Waals surface area contributed by atoms with E-state index < -0.39 is 4.92 Å². The number of nitrogens with zero attached hydrogens (tertiary/aromatic N) is 2. The molecular weight excluding hydrogens is 270 g/mol. The first kappa shape index (κ1) is 15.4. The molecule has 1 aliphatic heterocycles. The molecule has 0 bridgehead atoms. The Morgan fingerprint density at radius 1 is 1.52 bits per heavy atom. The van der Waals surface area contributed by atoms with E-state index in [-0.39, 0.29) is 23.2 Å². The van der Waals surface area contributed by atoms with Crippen molar-refractivity contribution < 1.29 is 9.72 Å². The second kappa shape index (κ2) is 6.67. The highest BCUT2D eigenvalue weighted by Gasteiger charge is 2.27. The lowest BCUT2D eigenvalue weighted by Crippen LogP contribution is -2.41. The summed E-state index contributed by atoms with van der Waals surface area (Å²) < 4.78 is 0. The first-order chi connectivity index (χ1) is 10.0. The minimum absolute atomic E-state index is 0.0830. The third-order valence-corrected chi connectivity index (χ3v) is 3.92. The van der Waals surface area contributed by atoms with Crippen LogP contribution in [-0.4, -0.2) is 41.4 Å². The summed E-state index contributed by atoms with van der Waals surface area (Å²) in [7, 11) is 0. The summed E-state index contributed by atoms with van der Waals surface area (Å²) in [4.78, 5) is 25.1. The van der Waals surface area contributed by atoms with Crippen LogP contribution in [0.2, 0.25) is 0 Å². The summed E-state index contributed by atoms with van der Waals surface area (Å²) in [6, 6.07) is 5.18. The number of benzene rings is 1. The highest BCUT2D eigenvalue weighted by molar-refractivity contribution is 5.98. The van der Waals surface area contributed by atoms with Crippen LogP contribution in [0.1, 0.15) is 35.7 Å². The Morgan fingerprint density at radius 3 is 2.86 bits per heavy atom. The van der Waals surface area contributed by atoms with Crippen molar-refractivity contribution in [3.8, 4) is 0 Å². The van der Waals surface area contributed by atoms with E-state index in [1.165, 1.54) is 6.07 Å². The van der Waals surface area contributed by atoms with Gasteiger partial charge in [-0.3, -0.25) is 14.9 Å². The second-order valence-electron chi connectivity index (χ2n) is 5.37. The van der Waals surface area contributed by atoms with Gasteiger partial charge >= 0.3 is 0 Å². The maximum atomic E-state index is 12.6. The van der Waals surface area contributed by atoms with Crippen LogP contribution in [0.25, 0.3) is 0 Å². The topological polar surface area (TPSA) is 75.5 Å². The lowest BCUT2D eigenvalue weighted by molar-refractivity contribution is -0.385. The lowest BCUT2D eigenvalue weighted by Gasteiger charge is -2.24. The number of para-hydroxylation sites is 1. The molecule has 1 fully saturated rings. The highest BCUT2D eigenvalue weighted by Crippen LogP contribution is 2.24. The van der Waals surface area contributed by atoms with Crippen LogP contribution in [0.5, 0.6) is 0 Å². The van der Waals surface area contributed by atoms with Gasteiger partial charge in [0, 0.05) is 24.7 Å². The van der Waals surface area contributed by atoms with E-state index in [1.807, 2.05) is 6.92 Å². The van der Waals surface area contributed by atoms with E-state index in [0.29, 0.717) is 18.7 Å². The zero-order chi connectivity index (χ0) is 15.4. The Bertz CT molecular complexity index is 539. The molecule has 0 aromatic heterocycles. The standard InChI is InChI=1S/C15H21N3O3/c1-3-17(10-12-7-5-9-16-12)15(19)13-8-4-6-11(2)14(13)18(20)21/h4,6,8,12,16H,3,5,7,9-10H2,1-2H3. The Labute approximate surface area is 124 Å². The van der Waals surface area contributed by atoms with Gasteiger partial charge in [0.25, 0.3) is 11.6 Å². The quantitative estimate of drug-likeness (QED) is 0.666. The first-order valence-corrected chi connectivity index (χ1v) is 7.31. The summed E-state index contributed by atoms with van der Waals surface area (Å²) in [5.74, 6) is -0.262. The number of nitro groups is 1. The van der Waals surface area contributed by atoms with Crippen molar-refractivity contribution in [3.05, 3.63) is 39.4 Å². The molecule has 21 heavy (non-hydrogen) atoms. The fraction of sp³-hybridized carbons (Fsp3) is 0.533. The van der Waals surface area contributed by atoms with Crippen molar-refractivity contribution in [1.82, 2.24) is 10.2 Å². The molecule has 1 atom stereocenters. The molecule has 1 N–H and O–H groups in total. The molecule has 0 spiro atoms. The summed E-state index contributed by atoms with van der Waals surface area (Å²) in [6.45, 7) is 5.67.